The van der Waals surface area contributed by atoms with Gasteiger partial charge in [0.05, 0.1) is 0 Å². The maximum absolute atomic E-state index is 5.88. The SMILES string of the molecule is CCCNc1nc(Cl)nc(Oc2cccc(C)c2C)n1. The van der Waals surface area contributed by atoms with Gasteiger partial charge in [0.25, 0.3) is 0 Å². The first kappa shape index (κ1) is 14.5. The molecular weight excluding hydrogens is 276 g/mol. The predicted molar refractivity (Wildman–Crippen MR) is 79.6 cm³/mol. The van der Waals surface area contributed by atoms with E-state index in [1.807, 2.05) is 32.0 Å². The molecule has 0 aliphatic heterocycles. The van der Waals surface area contributed by atoms with Crippen LogP contribution >= 0.6 is 11.6 Å². The maximum atomic E-state index is 5.88. The van der Waals surface area contributed by atoms with E-state index in [0.717, 1.165) is 24.1 Å². The minimum Gasteiger partial charge on any atom is -0.424 e. The first-order chi connectivity index (χ1) is 9.60. The normalized spacial score (nSPS) is 10.4. The Morgan fingerprint density at radius 1 is 1.20 bits per heavy atom. The minimum atomic E-state index is 0.110. The van der Waals surface area contributed by atoms with Gasteiger partial charge in [0.1, 0.15) is 5.75 Å². The summed E-state index contributed by atoms with van der Waals surface area (Å²) in [4.78, 5) is 12.2. The molecule has 6 heteroatoms. The topological polar surface area (TPSA) is 59.9 Å². The van der Waals surface area contributed by atoms with Crippen molar-refractivity contribution in [2.45, 2.75) is 27.2 Å². The second-order valence-corrected chi connectivity index (χ2v) is 4.78. The van der Waals surface area contributed by atoms with Gasteiger partial charge in [0, 0.05) is 6.54 Å². The average Bonchev–Trinajstić information content (AvgIpc) is 2.41. The lowest BCUT2D eigenvalue weighted by Gasteiger charge is -2.10. The zero-order chi connectivity index (χ0) is 14.5. The van der Waals surface area contributed by atoms with E-state index in [1.54, 1.807) is 0 Å². The van der Waals surface area contributed by atoms with Crippen molar-refractivity contribution in [2.24, 2.45) is 0 Å². The van der Waals surface area contributed by atoms with Crippen LogP contribution in [0.3, 0.4) is 0 Å². The van der Waals surface area contributed by atoms with Crippen LogP contribution in [-0.2, 0) is 0 Å². The van der Waals surface area contributed by atoms with Gasteiger partial charge < -0.3 is 10.1 Å². The third-order valence-electron chi connectivity index (χ3n) is 2.88. The molecule has 2 rings (SSSR count). The second kappa shape index (κ2) is 6.52. The van der Waals surface area contributed by atoms with Gasteiger partial charge in [0.15, 0.2) is 0 Å². The van der Waals surface area contributed by atoms with E-state index in [0.29, 0.717) is 11.7 Å². The molecule has 20 heavy (non-hydrogen) atoms. The van der Waals surface area contributed by atoms with Crippen LogP contribution in [0.15, 0.2) is 18.2 Å². The monoisotopic (exact) mass is 292 g/mol. The highest BCUT2D eigenvalue weighted by atomic mass is 35.5. The average molecular weight is 293 g/mol. The van der Waals surface area contributed by atoms with Gasteiger partial charge in [-0.15, -0.1) is 0 Å². The van der Waals surface area contributed by atoms with Crippen LogP contribution in [0, 0.1) is 13.8 Å². The Morgan fingerprint density at radius 2 is 2.00 bits per heavy atom. The van der Waals surface area contributed by atoms with Gasteiger partial charge in [-0.2, -0.15) is 15.0 Å². The molecule has 1 aromatic carbocycles. The highest BCUT2D eigenvalue weighted by Crippen LogP contribution is 2.25. The predicted octanol–water partition coefficient (Wildman–Crippen LogP) is 3.76. The number of benzene rings is 1. The Labute approximate surface area is 123 Å². The molecule has 1 heterocycles. The van der Waals surface area contributed by atoms with Crippen LogP contribution in [0.4, 0.5) is 5.95 Å². The zero-order valence-electron chi connectivity index (χ0n) is 11.8. The van der Waals surface area contributed by atoms with Crippen LogP contribution in [-0.4, -0.2) is 21.5 Å². The van der Waals surface area contributed by atoms with Crippen LogP contribution < -0.4 is 10.1 Å². The number of rotatable bonds is 5. The van der Waals surface area contributed by atoms with Crippen molar-refractivity contribution in [3.8, 4) is 11.8 Å². The molecule has 0 unspecified atom stereocenters. The molecule has 0 fully saturated rings. The van der Waals surface area contributed by atoms with E-state index < -0.39 is 0 Å². The van der Waals surface area contributed by atoms with E-state index in [9.17, 15) is 0 Å². The van der Waals surface area contributed by atoms with Crippen molar-refractivity contribution in [3.05, 3.63) is 34.6 Å². The summed E-state index contributed by atoms with van der Waals surface area (Å²) < 4.78 is 5.70. The number of hydrogen-bond acceptors (Lipinski definition) is 5. The molecule has 0 amide bonds. The molecule has 0 aliphatic rings. The zero-order valence-corrected chi connectivity index (χ0v) is 12.5. The van der Waals surface area contributed by atoms with Crippen molar-refractivity contribution in [2.75, 3.05) is 11.9 Å². The third kappa shape index (κ3) is 3.57. The Hall–Kier alpha value is -1.88. The molecule has 1 N–H and O–H groups in total. The van der Waals surface area contributed by atoms with Gasteiger partial charge in [0.2, 0.25) is 11.2 Å². The van der Waals surface area contributed by atoms with Crippen LogP contribution in [0.5, 0.6) is 11.8 Å². The van der Waals surface area contributed by atoms with E-state index in [-0.39, 0.29) is 11.3 Å². The Kier molecular flexibility index (Phi) is 4.74. The molecule has 0 atom stereocenters. The van der Waals surface area contributed by atoms with Gasteiger partial charge >= 0.3 is 6.01 Å². The molecule has 0 radical (unpaired) electrons. The van der Waals surface area contributed by atoms with E-state index >= 15 is 0 Å². The molecule has 5 nitrogen and oxygen atoms in total. The number of halogens is 1. The van der Waals surface area contributed by atoms with Crippen molar-refractivity contribution in [1.29, 1.82) is 0 Å². The lowest BCUT2D eigenvalue weighted by atomic mass is 10.1. The maximum Gasteiger partial charge on any atom is 0.328 e. The summed E-state index contributed by atoms with van der Waals surface area (Å²) >= 11 is 5.88. The third-order valence-corrected chi connectivity index (χ3v) is 3.05. The lowest BCUT2D eigenvalue weighted by molar-refractivity contribution is 0.437. The summed E-state index contributed by atoms with van der Waals surface area (Å²) in [6.07, 6.45) is 0.969. The summed E-state index contributed by atoms with van der Waals surface area (Å²) in [5, 5.41) is 3.17. The number of hydrogen-bond donors (Lipinski definition) is 1. The first-order valence-electron chi connectivity index (χ1n) is 6.49. The van der Waals surface area contributed by atoms with Crippen molar-refractivity contribution in [3.63, 3.8) is 0 Å². The molecule has 0 saturated heterocycles. The fourth-order valence-electron chi connectivity index (χ4n) is 1.63. The van der Waals surface area contributed by atoms with Gasteiger partial charge in [-0.25, -0.2) is 0 Å². The lowest BCUT2D eigenvalue weighted by Crippen LogP contribution is -2.06. The van der Waals surface area contributed by atoms with Gasteiger partial charge in [-0.1, -0.05) is 19.1 Å². The van der Waals surface area contributed by atoms with Gasteiger partial charge in [-0.3, -0.25) is 0 Å². The van der Waals surface area contributed by atoms with E-state index in [1.165, 1.54) is 0 Å². The summed E-state index contributed by atoms with van der Waals surface area (Å²) in [7, 11) is 0. The fraction of sp³-hybridized carbons (Fsp3) is 0.357. The summed E-state index contributed by atoms with van der Waals surface area (Å²) in [6.45, 7) is 6.84. The summed E-state index contributed by atoms with van der Waals surface area (Å²) in [6, 6.07) is 6.02. The first-order valence-corrected chi connectivity index (χ1v) is 6.87. The number of nitrogens with zero attached hydrogens (tertiary/aromatic N) is 3. The quantitative estimate of drug-likeness (QED) is 0.909. The highest BCUT2D eigenvalue weighted by molar-refractivity contribution is 6.28. The molecule has 2 aromatic rings. The van der Waals surface area contributed by atoms with Crippen molar-refractivity contribution < 1.29 is 4.74 Å². The minimum absolute atomic E-state index is 0.110. The number of nitrogens with one attached hydrogen (secondary N) is 1. The standard InChI is InChI=1S/C14H17ClN4O/c1-4-8-16-13-17-12(15)18-14(19-13)20-11-7-5-6-9(2)10(11)3/h5-7H,4,8H2,1-3H3,(H,16,17,18,19). The number of ether oxygens (including phenoxy) is 1. The van der Waals surface area contributed by atoms with E-state index in [4.69, 9.17) is 16.3 Å². The number of aromatic nitrogens is 3. The summed E-state index contributed by atoms with van der Waals surface area (Å²) in [5.74, 6) is 1.14. The smallest absolute Gasteiger partial charge is 0.328 e. The molecular formula is C14H17ClN4O. The summed E-state index contributed by atoms with van der Waals surface area (Å²) in [5.41, 5.74) is 2.19. The molecule has 0 bridgehead atoms. The van der Waals surface area contributed by atoms with Crippen LogP contribution in [0.25, 0.3) is 0 Å². The molecule has 106 valence electrons. The molecule has 1 aromatic heterocycles. The molecule has 0 spiro atoms. The number of aryl methyl sites for hydroxylation is 1. The highest BCUT2D eigenvalue weighted by Gasteiger charge is 2.09. The second-order valence-electron chi connectivity index (χ2n) is 4.44. The van der Waals surface area contributed by atoms with E-state index in [2.05, 4.69) is 27.2 Å². The van der Waals surface area contributed by atoms with Crippen molar-refractivity contribution in [1.82, 2.24) is 15.0 Å². The van der Waals surface area contributed by atoms with Crippen LogP contribution in [0.2, 0.25) is 5.28 Å². The largest absolute Gasteiger partial charge is 0.424 e. The molecule has 0 saturated carbocycles. The van der Waals surface area contributed by atoms with Gasteiger partial charge in [-0.05, 0) is 49.1 Å². The fourth-order valence-corrected chi connectivity index (χ4v) is 1.78. The number of anilines is 1. The Morgan fingerprint density at radius 3 is 2.75 bits per heavy atom. The molecule has 0 aliphatic carbocycles. The Bertz CT molecular complexity index is 604. The Balaban J connectivity index is 2.24. The van der Waals surface area contributed by atoms with Crippen LogP contribution in [0.1, 0.15) is 24.5 Å². The van der Waals surface area contributed by atoms with Crippen molar-refractivity contribution >= 4 is 17.5 Å².